The number of Topliss-reactive ketones (excluding diaryl/α,β-unsaturated/α-hetero) is 1. The van der Waals surface area contributed by atoms with Gasteiger partial charge in [-0.1, -0.05) is 6.92 Å². The van der Waals surface area contributed by atoms with E-state index in [-0.39, 0.29) is 17.7 Å². The molecule has 1 saturated heterocycles. The highest BCUT2D eigenvalue weighted by Crippen LogP contribution is 2.23. The van der Waals surface area contributed by atoms with Crippen LogP contribution < -0.4 is 4.74 Å². The fourth-order valence-electron chi connectivity index (χ4n) is 3.02. The number of hydrogen-bond donors (Lipinski definition) is 1. The van der Waals surface area contributed by atoms with Gasteiger partial charge in [0.1, 0.15) is 5.75 Å². The van der Waals surface area contributed by atoms with Crippen molar-refractivity contribution >= 4 is 11.8 Å². The molecular weight excluding hydrogens is 282 g/mol. The molecule has 1 aromatic carbocycles. The molecule has 0 bridgehead atoms. The van der Waals surface area contributed by atoms with Gasteiger partial charge in [-0.2, -0.15) is 0 Å². The molecule has 0 spiro atoms. The normalized spacial score (nSPS) is 17.9. The Morgan fingerprint density at radius 1 is 1.27 bits per heavy atom. The Hall–Kier alpha value is -1.88. The second kappa shape index (κ2) is 7.40. The third kappa shape index (κ3) is 3.65. The van der Waals surface area contributed by atoms with Gasteiger partial charge in [0.25, 0.3) is 0 Å². The summed E-state index contributed by atoms with van der Waals surface area (Å²) in [7, 11) is 1.60. The summed E-state index contributed by atoms with van der Waals surface area (Å²) in [5.74, 6) is -0.176. The van der Waals surface area contributed by atoms with Gasteiger partial charge in [0.15, 0.2) is 5.78 Å². The number of piperidine rings is 1. The molecule has 2 rings (SSSR count). The molecule has 120 valence electrons. The van der Waals surface area contributed by atoms with Crippen LogP contribution >= 0.6 is 0 Å². The summed E-state index contributed by atoms with van der Waals surface area (Å²) in [6.45, 7) is 3.32. The number of benzene rings is 1. The van der Waals surface area contributed by atoms with Crippen molar-refractivity contribution in [1.82, 2.24) is 4.90 Å². The zero-order valence-electron chi connectivity index (χ0n) is 13.1. The molecule has 0 amide bonds. The van der Waals surface area contributed by atoms with E-state index in [4.69, 9.17) is 9.84 Å². The fraction of sp³-hybridized carbons (Fsp3) is 0.529. The lowest BCUT2D eigenvalue weighted by Crippen LogP contribution is -2.46. The van der Waals surface area contributed by atoms with Crippen molar-refractivity contribution in [2.45, 2.75) is 32.2 Å². The quantitative estimate of drug-likeness (QED) is 0.818. The van der Waals surface area contributed by atoms with Crippen LogP contribution in [0.4, 0.5) is 0 Å². The topological polar surface area (TPSA) is 66.8 Å². The number of aliphatic carboxylic acids is 1. The Morgan fingerprint density at radius 2 is 1.86 bits per heavy atom. The maximum atomic E-state index is 12.7. The van der Waals surface area contributed by atoms with E-state index in [1.165, 1.54) is 0 Å². The van der Waals surface area contributed by atoms with Gasteiger partial charge in [0.05, 0.1) is 19.1 Å². The van der Waals surface area contributed by atoms with E-state index in [1.54, 1.807) is 31.4 Å². The summed E-state index contributed by atoms with van der Waals surface area (Å²) in [4.78, 5) is 25.8. The Bertz CT molecular complexity index is 518. The lowest BCUT2D eigenvalue weighted by Gasteiger charge is -2.35. The van der Waals surface area contributed by atoms with Crippen molar-refractivity contribution in [1.29, 1.82) is 0 Å². The number of carbonyl (C=O) groups excluding carboxylic acids is 1. The van der Waals surface area contributed by atoms with Crippen molar-refractivity contribution in [2.75, 3.05) is 20.2 Å². The van der Waals surface area contributed by atoms with Crippen molar-refractivity contribution in [3.05, 3.63) is 29.8 Å². The number of rotatable bonds is 6. The second-order valence-electron chi connectivity index (χ2n) is 5.67. The molecule has 0 saturated carbocycles. The number of ketones is 1. The number of carboxylic acid groups (broad SMARTS) is 1. The van der Waals surface area contributed by atoms with E-state index in [9.17, 15) is 9.59 Å². The molecule has 1 aromatic rings. The minimum atomic E-state index is -0.728. The average Bonchev–Trinajstić information content (AvgIpc) is 2.56. The lowest BCUT2D eigenvalue weighted by atomic mass is 9.93. The van der Waals surface area contributed by atoms with Crippen molar-refractivity contribution in [3.8, 4) is 5.75 Å². The van der Waals surface area contributed by atoms with E-state index in [1.807, 2.05) is 6.92 Å². The smallest absolute Gasteiger partial charge is 0.306 e. The first-order valence-corrected chi connectivity index (χ1v) is 7.72. The van der Waals surface area contributed by atoms with E-state index in [2.05, 4.69) is 4.90 Å². The summed E-state index contributed by atoms with van der Waals surface area (Å²) in [5.41, 5.74) is 0.674. The molecule has 1 N–H and O–H groups in total. The predicted molar refractivity (Wildman–Crippen MR) is 83.3 cm³/mol. The Labute approximate surface area is 130 Å². The number of carboxylic acids is 1. The first kappa shape index (κ1) is 16.5. The van der Waals surface area contributed by atoms with Gasteiger partial charge in [-0.25, -0.2) is 0 Å². The lowest BCUT2D eigenvalue weighted by molar-refractivity contribution is -0.143. The van der Waals surface area contributed by atoms with Gasteiger partial charge in [-0.15, -0.1) is 0 Å². The molecule has 22 heavy (non-hydrogen) atoms. The van der Waals surface area contributed by atoms with Crippen LogP contribution in [0.1, 0.15) is 36.5 Å². The fourth-order valence-corrected chi connectivity index (χ4v) is 3.02. The minimum Gasteiger partial charge on any atom is -0.497 e. The number of methoxy groups -OCH3 is 1. The molecule has 1 fully saturated rings. The monoisotopic (exact) mass is 305 g/mol. The predicted octanol–water partition coefficient (Wildman–Crippen LogP) is 2.45. The van der Waals surface area contributed by atoms with E-state index < -0.39 is 5.97 Å². The third-order valence-corrected chi connectivity index (χ3v) is 4.38. The number of carbonyl (C=O) groups is 2. The zero-order valence-corrected chi connectivity index (χ0v) is 13.1. The van der Waals surface area contributed by atoms with E-state index >= 15 is 0 Å². The van der Waals surface area contributed by atoms with Gasteiger partial charge in [0.2, 0.25) is 0 Å². The van der Waals surface area contributed by atoms with Crippen LogP contribution in [0, 0.1) is 5.92 Å². The Kier molecular flexibility index (Phi) is 5.55. The average molecular weight is 305 g/mol. The third-order valence-electron chi connectivity index (χ3n) is 4.38. The van der Waals surface area contributed by atoms with Crippen molar-refractivity contribution in [2.24, 2.45) is 5.92 Å². The summed E-state index contributed by atoms with van der Waals surface area (Å²) in [5, 5.41) is 9.06. The van der Waals surface area contributed by atoms with Gasteiger partial charge >= 0.3 is 5.97 Å². The highest BCUT2D eigenvalue weighted by Gasteiger charge is 2.31. The first-order chi connectivity index (χ1) is 10.6. The molecule has 1 aliphatic rings. The molecule has 0 aliphatic carbocycles. The number of likely N-dealkylation sites (tertiary alicyclic amines) is 1. The molecule has 1 aliphatic heterocycles. The molecule has 0 aromatic heterocycles. The standard InChI is InChI=1S/C17H23NO4/c1-3-15(18-10-8-13(9-11-18)17(20)21)16(19)12-4-6-14(22-2)7-5-12/h4-7,13,15H,3,8-11H2,1-2H3,(H,20,21). The van der Waals surface area contributed by atoms with Crippen LogP contribution in [-0.2, 0) is 4.79 Å². The molecule has 1 unspecified atom stereocenters. The van der Waals surface area contributed by atoms with Crippen LogP contribution in [0.3, 0.4) is 0 Å². The molecule has 1 atom stereocenters. The van der Waals surface area contributed by atoms with E-state index in [0.29, 0.717) is 31.5 Å². The van der Waals surface area contributed by atoms with Crippen LogP contribution in [0.25, 0.3) is 0 Å². The summed E-state index contributed by atoms with van der Waals surface area (Å²) in [6.07, 6.45) is 1.95. The molecule has 1 heterocycles. The van der Waals surface area contributed by atoms with Gasteiger partial charge in [-0.05, 0) is 56.6 Å². The zero-order chi connectivity index (χ0) is 16.1. The van der Waals surface area contributed by atoms with Crippen LogP contribution in [0.2, 0.25) is 0 Å². The van der Waals surface area contributed by atoms with Gasteiger partial charge < -0.3 is 9.84 Å². The van der Waals surface area contributed by atoms with Crippen LogP contribution in [0.5, 0.6) is 5.75 Å². The van der Waals surface area contributed by atoms with Crippen LogP contribution in [0.15, 0.2) is 24.3 Å². The van der Waals surface area contributed by atoms with Crippen LogP contribution in [-0.4, -0.2) is 48.0 Å². The first-order valence-electron chi connectivity index (χ1n) is 7.72. The minimum absolute atomic E-state index is 0.0962. The van der Waals surface area contributed by atoms with Gasteiger partial charge in [0, 0.05) is 5.56 Å². The Morgan fingerprint density at radius 3 is 2.32 bits per heavy atom. The summed E-state index contributed by atoms with van der Waals surface area (Å²) in [6, 6.07) is 6.97. The Balaban J connectivity index is 2.04. The molecule has 5 nitrogen and oxygen atoms in total. The number of nitrogens with zero attached hydrogens (tertiary/aromatic N) is 1. The molecule has 5 heteroatoms. The maximum Gasteiger partial charge on any atom is 0.306 e. The van der Waals surface area contributed by atoms with E-state index in [0.717, 1.165) is 12.2 Å². The SMILES string of the molecule is CCC(C(=O)c1ccc(OC)cc1)N1CCC(C(=O)O)CC1. The second-order valence-corrected chi connectivity index (χ2v) is 5.67. The van der Waals surface area contributed by atoms with Gasteiger partial charge in [-0.3, -0.25) is 14.5 Å². The number of hydrogen-bond acceptors (Lipinski definition) is 4. The molecule has 0 radical (unpaired) electrons. The number of ether oxygens (including phenoxy) is 1. The summed E-state index contributed by atoms with van der Waals surface area (Å²) < 4.78 is 5.11. The highest BCUT2D eigenvalue weighted by atomic mass is 16.5. The largest absolute Gasteiger partial charge is 0.497 e. The molecular formula is C17H23NO4. The highest BCUT2D eigenvalue weighted by molar-refractivity contribution is 6.00. The summed E-state index contributed by atoms with van der Waals surface area (Å²) >= 11 is 0. The van der Waals surface area contributed by atoms with Crippen molar-refractivity contribution < 1.29 is 19.4 Å². The maximum absolute atomic E-state index is 12.7. The van der Waals surface area contributed by atoms with Crippen molar-refractivity contribution in [3.63, 3.8) is 0 Å².